The van der Waals surface area contributed by atoms with Crippen molar-refractivity contribution in [3.05, 3.63) is 29.6 Å². The molecule has 1 aromatic carbocycles. The molecular formula is C14H19FN2O3S. The van der Waals surface area contributed by atoms with Crippen molar-refractivity contribution in [3.63, 3.8) is 0 Å². The van der Waals surface area contributed by atoms with Gasteiger partial charge in [-0.1, -0.05) is 18.8 Å². The highest BCUT2D eigenvalue weighted by Crippen LogP contribution is 2.21. The molecule has 1 rings (SSSR count). The summed E-state index contributed by atoms with van der Waals surface area (Å²) in [5.74, 6) is 4.56. The second-order valence-electron chi connectivity index (χ2n) is 4.22. The van der Waals surface area contributed by atoms with Crippen LogP contribution in [-0.4, -0.2) is 44.1 Å². The number of nitrogens with two attached hydrogens (primary N) is 1. The average Bonchev–Trinajstić information content (AvgIpc) is 2.45. The van der Waals surface area contributed by atoms with Crippen LogP contribution in [0.5, 0.6) is 0 Å². The molecule has 5 nitrogen and oxygen atoms in total. The first-order valence-corrected chi connectivity index (χ1v) is 8.00. The van der Waals surface area contributed by atoms with Gasteiger partial charge in [0.15, 0.2) is 0 Å². The number of nitrogens with zero attached hydrogens (tertiary/aromatic N) is 1. The van der Waals surface area contributed by atoms with E-state index in [-0.39, 0.29) is 36.7 Å². The molecule has 0 radical (unpaired) electrons. The van der Waals surface area contributed by atoms with Crippen molar-refractivity contribution in [2.75, 3.05) is 26.2 Å². The van der Waals surface area contributed by atoms with E-state index in [1.165, 1.54) is 10.4 Å². The van der Waals surface area contributed by atoms with Crippen LogP contribution in [0.3, 0.4) is 0 Å². The van der Waals surface area contributed by atoms with Gasteiger partial charge in [0, 0.05) is 25.3 Å². The first kappa shape index (κ1) is 17.6. The minimum Gasteiger partial charge on any atom is -0.396 e. The minimum absolute atomic E-state index is 0.0513. The Bertz CT molecular complexity index is 635. The fourth-order valence-corrected chi connectivity index (χ4v) is 3.42. The molecule has 0 amide bonds. The van der Waals surface area contributed by atoms with Gasteiger partial charge in [-0.05, 0) is 24.6 Å². The Balaban J connectivity index is 3.29. The lowest BCUT2D eigenvalue weighted by atomic mass is 10.2. The van der Waals surface area contributed by atoms with Crippen LogP contribution in [-0.2, 0) is 10.0 Å². The zero-order valence-electron chi connectivity index (χ0n) is 11.8. The third-order valence-electron chi connectivity index (χ3n) is 2.80. The molecule has 7 heteroatoms. The van der Waals surface area contributed by atoms with E-state index in [9.17, 15) is 12.8 Å². The molecule has 0 fully saturated rings. The molecule has 3 N–H and O–H groups in total. The van der Waals surface area contributed by atoms with Crippen LogP contribution in [0.1, 0.15) is 18.9 Å². The first-order valence-electron chi connectivity index (χ1n) is 6.56. The molecule has 0 aromatic heterocycles. The Morgan fingerprint density at radius 1 is 1.43 bits per heavy atom. The van der Waals surface area contributed by atoms with Gasteiger partial charge in [0.1, 0.15) is 5.82 Å². The number of hydrogen-bond donors (Lipinski definition) is 2. The van der Waals surface area contributed by atoms with Crippen molar-refractivity contribution in [2.24, 2.45) is 5.73 Å². The molecule has 0 bridgehead atoms. The largest absolute Gasteiger partial charge is 0.396 e. The van der Waals surface area contributed by atoms with E-state index in [0.717, 1.165) is 12.1 Å². The molecule has 0 saturated carbocycles. The lowest BCUT2D eigenvalue weighted by molar-refractivity contribution is 0.271. The molecule has 0 aliphatic rings. The summed E-state index contributed by atoms with van der Waals surface area (Å²) in [6, 6.07) is 3.36. The molecule has 1 aromatic rings. The maximum atomic E-state index is 13.3. The van der Waals surface area contributed by atoms with Crippen molar-refractivity contribution < 1.29 is 17.9 Å². The third-order valence-corrected chi connectivity index (χ3v) is 4.84. The van der Waals surface area contributed by atoms with Crippen molar-refractivity contribution in [1.29, 1.82) is 0 Å². The lowest BCUT2D eigenvalue weighted by Crippen LogP contribution is -2.32. The molecule has 0 unspecified atom stereocenters. The molecule has 0 aliphatic carbocycles. The zero-order chi connectivity index (χ0) is 15.9. The summed E-state index contributed by atoms with van der Waals surface area (Å²) >= 11 is 0. The van der Waals surface area contributed by atoms with Gasteiger partial charge in [-0.3, -0.25) is 0 Å². The van der Waals surface area contributed by atoms with E-state index in [0.29, 0.717) is 6.42 Å². The average molecular weight is 314 g/mol. The summed E-state index contributed by atoms with van der Waals surface area (Å²) in [6.45, 7) is 2.09. The summed E-state index contributed by atoms with van der Waals surface area (Å²) in [5.41, 5.74) is 5.36. The monoisotopic (exact) mass is 314 g/mol. The number of hydrogen-bond acceptors (Lipinski definition) is 4. The first-order chi connectivity index (χ1) is 9.97. The van der Waals surface area contributed by atoms with Gasteiger partial charge in [-0.15, -0.1) is 0 Å². The van der Waals surface area contributed by atoms with Crippen LogP contribution in [0.25, 0.3) is 0 Å². The summed E-state index contributed by atoms with van der Waals surface area (Å²) in [7, 11) is -3.79. The van der Waals surface area contributed by atoms with Crippen LogP contribution in [0.15, 0.2) is 23.1 Å². The number of halogens is 1. The SMILES string of the molecule is CCN(CCCO)S(=O)(=O)c1ccc(F)cc1C#CCN. The van der Waals surface area contributed by atoms with Gasteiger partial charge in [-0.25, -0.2) is 12.8 Å². The second-order valence-corrected chi connectivity index (χ2v) is 6.13. The molecule has 21 heavy (non-hydrogen) atoms. The highest BCUT2D eigenvalue weighted by atomic mass is 32.2. The zero-order valence-corrected chi connectivity index (χ0v) is 12.7. The number of aliphatic hydroxyl groups excluding tert-OH is 1. The Hall–Kier alpha value is -1.46. The Kier molecular flexibility index (Phi) is 6.78. The van der Waals surface area contributed by atoms with Gasteiger partial charge >= 0.3 is 0 Å². The van der Waals surface area contributed by atoms with Crippen molar-refractivity contribution in [2.45, 2.75) is 18.2 Å². The number of rotatable bonds is 6. The summed E-state index contributed by atoms with van der Waals surface area (Å²) in [5, 5.41) is 8.85. The highest BCUT2D eigenvalue weighted by Gasteiger charge is 2.25. The predicted molar refractivity (Wildman–Crippen MR) is 78.5 cm³/mol. The van der Waals surface area contributed by atoms with E-state index in [4.69, 9.17) is 10.8 Å². The van der Waals surface area contributed by atoms with Crippen molar-refractivity contribution >= 4 is 10.0 Å². The maximum absolute atomic E-state index is 13.3. The van der Waals surface area contributed by atoms with Gasteiger partial charge < -0.3 is 10.8 Å². The molecule has 0 saturated heterocycles. The quantitative estimate of drug-likeness (QED) is 0.750. The summed E-state index contributed by atoms with van der Waals surface area (Å²) in [4.78, 5) is -0.0513. The van der Waals surface area contributed by atoms with Crippen LogP contribution >= 0.6 is 0 Å². The van der Waals surface area contributed by atoms with E-state index >= 15 is 0 Å². The number of aliphatic hydroxyl groups is 1. The van der Waals surface area contributed by atoms with E-state index < -0.39 is 15.8 Å². The van der Waals surface area contributed by atoms with E-state index in [1.54, 1.807) is 6.92 Å². The second kappa shape index (κ2) is 8.10. The van der Waals surface area contributed by atoms with Gasteiger partial charge in [0.05, 0.1) is 11.4 Å². The fraction of sp³-hybridized carbons (Fsp3) is 0.429. The number of sulfonamides is 1. The Labute approximate surface area is 124 Å². The Morgan fingerprint density at radius 3 is 2.71 bits per heavy atom. The normalized spacial score (nSPS) is 11.3. The maximum Gasteiger partial charge on any atom is 0.244 e. The van der Waals surface area contributed by atoms with Crippen LogP contribution in [0.4, 0.5) is 4.39 Å². The van der Waals surface area contributed by atoms with E-state index in [2.05, 4.69) is 11.8 Å². The standard InChI is InChI=1S/C14H19FN2O3S/c1-2-17(9-4-10-18)21(19,20)14-7-6-13(15)11-12(14)5-3-8-16/h6-7,11,18H,2,4,8-10,16H2,1H3. The molecule has 0 atom stereocenters. The molecule has 116 valence electrons. The fourth-order valence-electron chi connectivity index (χ4n) is 1.81. The molecule has 0 spiro atoms. The third kappa shape index (κ3) is 4.51. The van der Waals surface area contributed by atoms with E-state index in [1.807, 2.05) is 0 Å². The van der Waals surface area contributed by atoms with Crippen molar-refractivity contribution in [1.82, 2.24) is 4.31 Å². The predicted octanol–water partition coefficient (Wildman–Crippen LogP) is 0.529. The van der Waals surface area contributed by atoms with Crippen LogP contribution < -0.4 is 5.73 Å². The summed E-state index contributed by atoms with van der Waals surface area (Å²) in [6.07, 6.45) is 0.331. The highest BCUT2D eigenvalue weighted by molar-refractivity contribution is 7.89. The minimum atomic E-state index is -3.79. The Morgan fingerprint density at radius 2 is 2.14 bits per heavy atom. The molecule has 0 heterocycles. The topological polar surface area (TPSA) is 83.6 Å². The van der Waals surface area contributed by atoms with Gasteiger partial charge in [0.2, 0.25) is 10.0 Å². The lowest BCUT2D eigenvalue weighted by Gasteiger charge is -2.20. The summed E-state index contributed by atoms with van der Waals surface area (Å²) < 4.78 is 39.7. The van der Waals surface area contributed by atoms with Crippen LogP contribution in [0, 0.1) is 17.7 Å². The smallest absolute Gasteiger partial charge is 0.244 e. The molecule has 0 aliphatic heterocycles. The van der Waals surface area contributed by atoms with Crippen LogP contribution in [0.2, 0.25) is 0 Å². The van der Waals surface area contributed by atoms with Gasteiger partial charge in [-0.2, -0.15) is 4.31 Å². The molecular weight excluding hydrogens is 295 g/mol. The van der Waals surface area contributed by atoms with Gasteiger partial charge in [0.25, 0.3) is 0 Å². The number of benzene rings is 1. The van der Waals surface area contributed by atoms with Crippen molar-refractivity contribution in [3.8, 4) is 11.8 Å².